The lowest BCUT2D eigenvalue weighted by Crippen LogP contribution is -2.20. The Bertz CT molecular complexity index is 556. The Kier molecular flexibility index (Phi) is 5.91. The molecule has 0 aliphatic carbocycles. The summed E-state index contributed by atoms with van der Waals surface area (Å²) in [5.74, 6) is -0.279. The first-order valence-electron chi connectivity index (χ1n) is 6.91. The van der Waals surface area contributed by atoms with Crippen LogP contribution in [0.15, 0.2) is 53.0 Å². The normalized spacial score (nSPS) is 12.6. The van der Waals surface area contributed by atoms with Crippen molar-refractivity contribution < 1.29 is 9.50 Å². The molecule has 0 amide bonds. The molecule has 2 nitrogen and oxygen atoms in total. The second kappa shape index (κ2) is 7.69. The Morgan fingerprint density at radius 3 is 2.33 bits per heavy atom. The Balaban J connectivity index is 1.81. The number of halogens is 2. The van der Waals surface area contributed by atoms with Crippen LogP contribution in [0.4, 0.5) is 4.39 Å². The van der Waals surface area contributed by atoms with Crippen molar-refractivity contribution in [3.05, 3.63) is 69.9 Å². The Labute approximate surface area is 133 Å². The van der Waals surface area contributed by atoms with Gasteiger partial charge in [0.2, 0.25) is 0 Å². The fourth-order valence-electron chi connectivity index (χ4n) is 2.17. The van der Waals surface area contributed by atoms with E-state index in [1.807, 2.05) is 19.2 Å². The summed E-state index contributed by atoms with van der Waals surface area (Å²) in [6.07, 6.45) is 0.0662. The van der Waals surface area contributed by atoms with E-state index >= 15 is 0 Å². The number of aliphatic hydroxyl groups is 1. The predicted molar refractivity (Wildman–Crippen MR) is 86.5 cm³/mol. The van der Waals surface area contributed by atoms with Crippen LogP contribution in [0.1, 0.15) is 23.7 Å². The topological polar surface area (TPSA) is 23.5 Å². The molecule has 1 atom stereocenters. The number of rotatable bonds is 6. The molecular formula is C17H19BrFNO. The van der Waals surface area contributed by atoms with E-state index in [-0.39, 0.29) is 5.82 Å². The minimum absolute atomic E-state index is 0.279. The third-order valence-corrected chi connectivity index (χ3v) is 3.93. The van der Waals surface area contributed by atoms with E-state index in [0.29, 0.717) is 6.42 Å². The summed E-state index contributed by atoms with van der Waals surface area (Å²) in [6.45, 7) is 1.61. The van der Waals surface area contributed by atoms with E-state index in [9.17, 15) is 9.50 Å². The van der Waals surface area contributed by atoms with Gasteiger partial charge in [-0.2, -0.15) is 0 Å². The predicted octanol–water partition coefficient (Wildman–Crippen LogP) is 4.14. The number of hydrogen-bond acceptors (Lipinski definition) is 2. The van der Waals surface area contributed by atoms with Gasteiger partial charge >= 0.3 is 0 Å². The molecule has 21 heavy (non-hydrogen) atoms. The van der Waals surface area contributed by atoms with Crippen molar-refractivity contribution in [1.82, 2.24) is 4.90 Å². The van der Waals surface area contributed by atoms with E-state index in [1.165, 1.54) is 17.7 Å². The summed E-state index contributed by atoms with van der Waals surface area (Å²) in [5.41, 5.74) is 1.99. The van der Waals surface area contributed by atoms with E-state index < -0.39 is 6.10 Å². The average molecular weight is 352 g/mol. The molecule has 0 fully saturated rings. The van der Waals surface area contributed by atoms with Gasteiger partial charge in [0.05, 0.1) is 6.10 Å². The fourth-order valence-corrected chi connectivity index (χ4v) is 2.44. The fraction of sp³-hybridized carbons (Fsp3) is 0.294. The van der Waals surface area contributed by atoms with Gasteiger partial charge in [-0.15, -0.1) is 0 Å². The quantitative estimate of drug-likeness (QED) is 0.845. The molecule has 4 heteroatoms. The Morgan fingerprint density at radius 2 is 1.71 bits per heavy atom. The van der Waals surface area contributed by atoms with Crippen LogP contribution in [0.25, 0.3) is 0 Å². The summed E-state index contributed by atoms with van der Waals surface area (Å²) in [7, 11) is 2.03. The van der Waals surface area contributed by atoms with Crippen molar-refractivity contribution in [3.8, 4) is 0 Å². The number of benzene rings is 2. The van der Waals surface area contributed by atoms with Crippen LogP contribution >= 0.6 is 15.9 Å². The van der Waals surface area contributed by atoms with Gasteiger partial charge in [0.1, 0.15) is 5.82 Å². The third-order valence-electron chi connectivity index (χ3n) is 3.40. The maximum absolute atomic E-state index is 12.8. The van der Waals surface area contributed by atoms with Gasteiger partial charge in [-0.1, -0.05) is 40.2 Å². The molecule has 0 saturated carbocycles. The standard InChI is InChI=1S/C17H19BrFNO/c1-20(12-13-2-6-15(18)7-3-13)11-10-17(21)14-4-8-16(19)9-5-14/h2-9,17,21H,10-12H2,1H3. The van der Waals surface area contributed by atoms with Crippen molar-refractivity contribution in [1.29, 1.82) is 0 Å². The average Bonchev–Trinajstić information content (AvgIpc) is 2.48. The van der Waals surface area contributed by atoms with E-state index in [1.54, 1.807) is 12.1 Å². The van der Waals surface area contributed by atoms with Crippen LogP contribution in [0, 0.1) is 5.82 Å². The zero-order chi connectivity index (χ0) is 15.2. The van der Waals surface area contributed by atoms with Crippen molar-refractivity contribution in [2.24, 2.45) is 0 Å². The van der Waals surface area contributed by atoms with Crippen LogP contribution in [-0.4, -0.2) is 23.6 Å². The first-order chi connectivity index (χ1) is 10.0. The van der Waals surface area contributed by atoms with Crippen molar-refractivity contribution in [2.75, 3.05) is 13.6 Å². The molecule has 0 bridgehead atoms. The molecule has 0 heterocycles. The lowest BCUT2D eigenvalue weighted by Gasteiger charge is -2.19. The third kappa shape index (κ3) is 5.23. The molecule has 0 aliphatic heterocycles. The highest BCUT2D eigenvalue weighted by Gasteiger charge is 2.09. The minimum Gasteiger partial charge on any atom is -0.388 e. The molecule has 2 rings (SSSR count). The van der Waals surface area contributed by atoms with Gasteiger partial charge in [-0.05, 0) is 48.9 Å². The van der Waals surface area contributed by atoms with Crippen molar-refractivity contribution in [3.63, 3.8) is 0 Å². The monoisotopic (exact) mass is 351 g/mol. The van der Waals surface area contributed by atoms with Gasteiger partial charge in [0.25, 0.3) is 0 Å². The first kappa shape index (κ1) is 16.1. The summed E-state index contributed by atoms with van der Waals surface area (Å²) in [5, 5.41) is 10.1. The van der Waals surface area contributed by atoms with Crippen molar-refractivity contribution >= 4 is 15.9 Å². The second-order valence-electron chi connectivity index (χ2n) is 5.22. The maximum Gasteiger partial charge on any atom is 0.123 e. The van der Waals surface area contributed by atoms with Gasteiger partial charge < -0.3 is 10.0 Å². The molecule has 112 valence electrons. The van der Waals surface area contributed by atoms with E-state index in [2.05, 4.69) is 33.0 Å². The molecule has 2 aromatic rings. The second-order valence-corrected chi connectivity index (χ2v) is 6.14. The van der Waals surface area contributed by atoms with E-state index in [4.69, 9.17) is 0 Å². The molecule has 2 aromatic carbocycles. The SMILES string of the molecule is CN(CCC(O)c1ccc(F)cc1)Cc1ccc(Br)cc1. The summed E-state index contributed by atoms with van der Waals surface area (Å²) in [6, 6.07) is 14.2. The minimum atomic E-state index is -0.557. The van der Waals surface area contributed by atoms with Crippen LogP contribution in [-0.2, 0) is 6.54 Å². The highest BCUT2D eigenvalue weighted by molar-refractivity contribution is 9.10. The molecule has 1 N–H and O–H groups in total. The number of aliphatic hydroxyl groups excluding tert-OH is 1. The number of hydrogen-bond donors (Lipinski definition) is 1. The van der Waals surface area contributed by atoms with Crippen molar-refractivity contribution in [2.45, 2.75) is 19.1 Å². The maximum atomic E-state index is 12.8. The molecule has 0 aliphatic rings. The zero-order valence-corrected chi connectivity index (χ0v) is 13.6. The van der Waals surface area contributed by atoms with Crippen LogP contribution in [0.2, 0.25) is 0 Å². The van der Waals surface area contributed by atoms with E-state index in [0.717, 1.165) is 23.1 Å². The summed E-state index contributed by atoms with van der Waals surface area (Å²) in [4.78, 5) is 2.16. The Morgan fingerprint density at radius 1 is 1.10 bits per heavy atom. The van der Waals surface area contributed by atoms with Gasteiger partial charge in [0, 0.05) is 17.6 Å². The highest BCUT2D eigenvalue weighted by atomic mass is 79.9. The van der Waals surface area contributed by atoms with Crippen LogP contribution in [0.5, 0.6) is 0 Å². The molecule has 0 aromatic heterocycles. The molecule has 0 radical (unpaired) electrons. The summed E-state index contributed by atoms with van der Waals surface area (Å²) >= 11 is 3.42. The van der Waals surface area contributed by atoms with Crippen LogP contribution in [0.3, 0.4) is 0 Å². The lowest BCUT2D eigenvalue weighted by molar-refractivity contribution is 0.147. The molecule has 0 saturated heterocycles. The largest absolute Gasteiger partial charge is 0.388 e. The number of nitrogens with zero attached hydrogens (tertiary/aromatic N) is 1. The van der Waals surface area contributed by atoms with Gasteiger partial charge in [0.15, 0.2) is 0 Å². The summed E-state index contributed by atoms with van der Waals surface area (Å²) < 4.78 is 13.9. The van der Waals surface area contributed by atoms with Gasteiger partial charge in [-0.25, -0.2) is 4.39 Å². The van der Waals surface area contributed by atoms with Gasteiger partial charge in [-0.3, -0.25) is 0 Å². The molecule has 1 unspecified atom stereocenters. The first-order valence-corrected chi connectivity index (χ1v) is 7.70. The van der Waals surface area contributed by atoms with Crippen LogP contribution < -0.4 is 0 Å². The zero-order valence-electron chi connectivity index (χ0n) is 12.0. The lowest BCUT2D eigenvalue weighted by atomic mass is 10.1. The Hall–Kier alpha value is -1.23. The molecule has 0 spiro atoms. The highest BCUT2D eigenvalue weighted by Crippen LogP contribution is 2.18. The smallest absolute Gasteiger partial charge is 0.123 e. The molecular weight excluding hydrogens is 333 g/mol.